The maximum Gasteiger partial charge on any atom is 0.326 e. The third-order valence-electron chi connectivity index (χ3n) is 5.97. The summed E-state index contributed by atoms with van der Waals surface area (Å²) < 4.78 is 0. The number of hydrogen-bond acceptors (Lipinski definition) is 5. The average Bonchev–Trinajstić information content (AvgIpc) is 3.34. The topological polar surface area (TPSA) is 110 Å². The van der Waals surface area contributed by atoms with Gasteiger partial charge in [-0.1, -0.05) is 0 Å². The summed E-state index contributed by atoms with van der Waals surface area (Å²) in [4.78, 5) is 39.3. The van der Waals surface area contributed by atoms with Gasteiger partial charge in [-0.15, -0.1) is 0 Å². The smallest absolute Gasteiger partial charge is 0.326 e. The number of carboxylic acid groups (broad SMARTS) is 1. The van der Waals surface area contributed by atoms with E-state index in [0.29, 0.717) is 26.2 Å². The second-order valence-electron chi connectivity index (χ2n) is 7.57. The van der Waals surface area contributed by atoms with E-state index in [2.05, 4.69) is 5.32 Å². The van der Waals surface area contributed by atoms with Gasteiger partial charge in [0.15, 0.2) is 0 Å². The van der Waals surface area contributed by atoms with Gasteiger partial charge in [-0.2, -0.15) is 0 Å². The monoisotopic (exact) mass is 353 g/mol. The van der Waals surface area contributed by atoms with E-state index in [-0.39, 0.29) is 30.1 Å². The van der Waals surface area contributed by atoms with Gasteiger partial charge in [0.05, 0.1) is 12.1 Å². The largest absolute Gasteiger partial charge is 0.480 e. The molecule has 0 aromatic heterocycles. The number of aliphatic carboxylic acids is 1. The molecular formula is C17H27N3O5. The first-order chi connectivity index (χ1) is 11.8. The summed E-state index contributed by atoms with van der Waals surface area (Å²) in [5, 5.41) is 22.7. The Kier molecular flexibility index (Phi) is 5.02. The van der Waals surface area contributed by atoms with E-state index in [0.717, 1.165) is 19.3 Å². The minimum atomic E-state index is -1.08. The molecule has 2 amide bonds. The molecule has 0 bridgehead atoms. The van der Waals surface area contributed by atoms with Crippen LogP contribution in [-0.4, -0.2) is 82.2 Å². The Morgan fingerprint density at radius 1 is 1.32 bits per heavy atom. The maximum atomic E-state index is 12.4. The van der Waals surface area contributed by atoms with Crippen molar-refractivity contribution in [3.05, 3.63) is 0 Å². The zero-order valence-corrected chi connectivity index (χ0v) is 14.6. The molecule has 2 heterocycles. The van der Waals surface area contributed by atoms with Crippen molar-refractivity contribution in [2.24, 2.45) is 5.41 Å². The molecule has 140 valence electrons. The van der Waals surface area contributed by atoms with Gasteiger partial charge in [-0.25, -0.2) is 4.79 Å². The number of piperidine rings is 1. The van der Waals surface area contributed by atoms with Crippen molar-refractivity contribution in [3.8, 4) is 0 Å². The molecule has 2 aliphatic heterocycles. The summed E-state index contributed by atoms with van der Waals surface area (Å²) in [6, 6.07) is -1.39. The van der Waals surface area contributed by atoms with Crippen molar-refractivity contribution in [1.29, 1.82) is 0 Å². The van der Waals surface area contributed by atoms with Crippen LogP contribution in [0.1, 0.15) is 39.0 Å². The summed E-state index contributed by atoms with van der Waals surface area (Å²) in [5.74, 6) is -1.46. The van der Waals surface area contributed by atoms with E-state index in [1.54, 1.807) is 11.8 Å². The predicted molar refractivity (Wildman–Crippen MR) is 88.7 cm³/mol. The molecule has 3 atom stereocenters. The second-order valence-corrected chi connectivity index (χ2v) is 7.57. The number of hydrogen-bond donors (Lipinski definition) is 3. The lowest BCUT2D eigenvalue weighted by molar-refractivity contribution is -0.153. The molecular weight excluding hydrogens is 326 g/mol. The molecule has 3 fully saturated rings. The number of β-amino-alcohol motifs (C(OH)–C–C–N with tert-alkyl or cyclic N) is 1. The van der Waals surface area contributed by atoms with E-state index >= 15 is 0 Å². The van der Waals surface area contributed by atoms with Crippen molar-refractivity contribution in [3.63, 3.8) is 0 Å². The lowest BCUT2D eigenvalue weighted by Crippen LogP contribution is -2.59. The van der Waals surface area contributed by atoms with Gasteiger partial charge in [0.25, 0.3) is 0 Å². The number of amides is 2. The fraction of sp³-hybridized carbons (Fsp3) is 0.824. The molecule has 2 saturated heterocycles. The Bertz CT molecular complexity index is 562. The molecule has 1 spiro atoms. The number of carbonyl (C=O) groups is 3. The quantitative estimate of drug-likeness (QED) is 0.610. The zero-order chi connectivity index (χ0) is 18.2. The highest BCUT2D eigenvalue weighted by atomic mass is 16.4. The normalized spacial score (nSPS) is 29.6. The molecule has 8 heteroatoms. The molecule has 1 aliphatic carbocycles. The van der Waals surface area contributed by atoms with Gasteiger partial charge in [0.1, 0.15) is 6.04 Å². The van der Waals surface area contributed by atoms with Gasteiger partial charge in [-0.3, -0.25) is 9.59 Å². The number of carbonyl (C=O) groups excluding carboxylic acids is 2. The van der Waals surface area contributed by atoms with Crippen LogP contribution in [0.2, 0.25) is 0 Å². The van der Waals surface area contributed by atoms with Crippen LogP contribution in [0, 0.1) is 5.41 Å². The molecule has 3 N–H and O–H groups in total. The lowest BCUT2D eigenvalue weighted by Gasteiger charge is -2.37. The maximum absolute atomic E-state index is 12.4. The number of aliphatic hydroxyl groups excluding tert-OH is 1. The highest BCUT2D eigenvalue weighted by molar-refractivity contribution is 5.88. The summed E-state index contributed by atoms with van der Waals surface area (Å²) >= 11 is 0. The number of aliphatic hydroxyl groups is 1. The number of carboxylic acids is 1. The Morgan fingerprint density at radius 2 is 2.04 bits per heavy atom. The molecule has 3 aliphatic rings. The standard InChI is InChI=1S/C17H27N3O5/c1-11-15(23)20(9-7-18-11)12(16(24)25)2-3-14(22)19-8-6-17(4-5-17)13(21)10-19/h11-13,18,21H,2-10H2,1H3,(H,24,25). The first-order valence-corrected chi connectivity index (χ1v) is 9.06. The van der Waals surface area contributed by atoms with Crippen LogP contribution >= 0.6 is 0 Å². The van der Waals surface area contributed by atoms with Gasteiger partial charge < -0.3 is 25.3 Å². The van der Waals surface area contributed by atoms with Crippen molar-refractivity contribution in [1.82, 2.24) is 15.1 Å². The fourth-order valence-electron chi connectivity index (χ4n) is 3.98. The van der Waals surface area contributed by atoms with E-state index in [4.69, 9.17) is 0 Å². The SMILES string of the molecule is CC1NCCN(C(CCC(=O)N2CCC3(CC3)C(O)C2)C(=O)O)C1=O. The van der Waals surface area contributed by atoms with E-state index in [9.17, 15) is 24.6 Å². The van der Waals surface area contributed by atoms with Crippen LogP contribution in [-0.2, 0) is 14.4 Å². The van der Waals surface area contributed by atoms with Crippen LogP contribution in [0.5, 0.6) is 0 Å². The Hall–Kier alpha value is -1.67. The highest BCUT2D eigenvalue weighted by Crippen LogP contribution is 2.53. The van der Waals surface area contributed by atoms with Gasteiger partial charge in [0, 0.05) is 32.6 Å². The molecule has 25 heavy (non-hydrogen) atoms. The molecule has 3 unspecified atom stereocenters. The molecule has 0 aromatic carbocycles. The number of nitrogens with one attached hydrogen (secondary N) is 1. The van der Waals surface area contributed by atoms with Crippen LogP contribution in [0.25, 0.3) is 0 Å². The first kappa shape index (κ1) is 18.1. The summed E-state index contributed by atoms with van der Waals surface area (Å²) in [5.41, 5.74) is 0.0315. The van der Waals surface area contributed by atoms with Crippen LogP contribution in [0.3, 0.4) is 0 Å². The number of nitrogens with zero attached hydrogens (tertiary/aromatic N) is 2. The fourth-order valence-corrected chi connectivity index (χ4v) is 3.98. The van der Waals surface area contributed by atoms with Crippen molar-refractivity contribution in [2.45, 2.75) is 57.2 Å². The highest BCUT2D eigenvalue weighted by Gasteiger charge is 2.51. The third-order valence-corrected chi connectivity index (χ3v) is 5.97. The summed E-state index contributed by atoms with van der Waals surface area (Å²) in [7, 11) is 0. The van der Waals surface area contributed by atoms with Crippen molar-refractivity contribution >= 4 is 17.8 Å². The summed E-state index contributed by atoms with van der Waals surface area (Å²) in [6.45, 7) is 3.54. The third kappa shape index (κ3) is 3.64. The number of rotatable bonds is 5. The van der Waals surface area contributed by atoms with Crippen LogP contribution < -0.4 is 5.32 Å². The first-order valence-electron chi connectivity index (χ1n) is 9.06. The average molecular weight is 353 g/mol. The Morgan fingerprint density at radius 3 is 2.64 bits per heavy atom. The van der Waals surface area contributed by atoms with Crippen molar-refractivity contribution < 1.29 is 24.6 Å². The molecule has 3 rings (SSSR count). The summed E-state index contributed by atoms with van der Waals surface area (Å²) in [6.07, 6.45) is 2.57. The van der Waals surface area contributed by atoms with Gasteiger partial charge >= 0.3 is 5.97 Å². The van der Waals surface area contributed by atoms with Gasteiger partial charge in [0.2, 0.25) is 11.8 Å². The zero-order valence-electron chi connectivity index (χ0n) is 14.6. The molecule has 8 nitrogen and oxygen atoms in total. The van der Waals surface area contributed by atoms with Crippen molar-refractivity contribution in [2.75, 3.05) is 26.2 Å². The Labute approximate surface area is 147 Å². The Balaban J connectivity index is 1.55. The number of likely N-dealkylation sites (tertiary alicyclic amines) is 1. The number of piperazine rings is 1. The molecule has 0 radical (unpaired) electrons. The van der Waals surface area contributed by atoms with Crippen LogP contribution in [0.4, 0.5) is 0 Å². The predicted octanol–water partition coefficient (Wildman–Crippen LogP) is -0.586. The van der Waals surface area contributed by atoms with E-state index in [1.807, 2.05) is 0 Å². The minimum absolute atomic E-state index is 0.0315. The molecule has 0 aromatic rings. The van der Waals surface area contributed by atoms with E-state index in [1.165, 1.54) is 4.90 Å². The molecule has 1 saturated carbocycles. The second kappa shape index (κ2) is 6.92. The lowest BCUT2D eigenvalue weighted by atomic mass is 9.90. The van der Waals surface area contributed by atoms with Crippen LogP contribution in [0.15, 0.2) is 0 Å². The van der Waals surface area contributed by atoms with Gasteiger partial charge in [-0.05, 0) is 38.0 Å². The van der Waals surface area contributed by atoms with E-state index < -0.39 is 24.2 Å². The minimum Gasteiger partial charge on any atom is -0.480 e.